The van der Waals surface area contributed by atoms with Crippen LogP contribution in [0.25, 0.3) is 0 Å². The average Bonchev–Trinajstić information content (AvgIpc) is 2.83. The minimum absolute atomic E-state index is 0.00730. The first-order valence-corrected chi connectivity index (χ1v) is 12.1. The van der Waals surface area contributed by atoms with E-state index in [1.807, 2.05) is 13.8 Å². The molecule has 11 nitrogen and oxygen atoms in total. The van der Waals surface area contributed by atoms with E-state index in [1.165, 1.54) is 0 Å². The number of carbonyl (C=O) groups excluding carboxylic acids is 1. The maximum atomic E-state index is 11.4. The van der Waals surface area contributed by atoms with E-state index >= 15 is 0 Å². The van der Waals surface area contributed by atoms with Crippen molar-refractivity contribution >= 4 is 5.91 Å². The Morgan fingerprint density at radius 3 is 1.03 bits per heavy atom. The summed E-state index contributed by atoms with van der Waals surface area (Å²) in [5.74, 6) is 0.0277. The van der Waals surface area contributed by atoms with Crippen molar-refractivity contribution in [3.63, 3.8) is 0 Å². The highest BCUT2D eigenvalue weighted by atomic mass is 16.6. The largest absolute Gasteiger partial charge is 0.382 e. The molecule has 0 spiro atoms. The number of rotatable bonds is 28. The van der Waals surface area contributed by atoms with Crippen molar-refractivity contribution in [3.05, 3.63) is 0 Å². The van der Waals surface area contributed by atoms with E-state index in [1.54, 1.807) is 7.11 Å². The van der Waals surface area contributed by atoms with Crippen molar-refractivity contribution in [1.82, 2.24) is 5.32 Å². The van der Waals surface area contributed by atoms with Gasteiger partial charge in [-0.3, -0.25) is 4.79 Å². The maximum Gasteiger partial charge on any atom is 0.222 e. The monoisotopic (exact) mass is 497 g/mol. The molecule has 0 radical (unpaired) electrons. The Balaban J connectivity index is 3.05. The molecule has 0 aromatic heterocycles. The Morgan fingerprint density at radius 2 is 0.765 bits per heavy atom. The Kier molecular flexibility index (Phi) is 27.6. The van der Waals surface area contributed by atoms with Crippen LogP contribution >= 0.6 is 0 Å². The molecule has 0 saturated carbocycles. The van der Waals surface area contributed by atoms with Crippen LogP contribution in [0.5, 0.6) is 0 Å². The molecule has 0 atom stereocenters. The molecule has 0 heterocycles. The van der Waals surface area contributed by atoms with Gasteiger partial charge in [0, 0.05) is 19.6 Å². The van der Waals surface area contributed by atoms with Gasteiger partial charge in [-0.25, -0.2) is 0 Å². The number of methoxy groups -OCH3 is 1. The molecule has 1 N–H and O–H groups in total. The first-order valence-electron chi connectivity index (χ1n) is 12.1. The Bertz CT molecular complexity index is 415. The molecule has 0 aliphatic carbocycles. The number of hydrogen-bond acceptors (Lipinski definition) is 10. The topological polar surface area (TPSA) is 112 Å². The minimum Gasteiger partial charge on any atom is -0.382 e. The number of nitrogens with one attached hydrogen (secondary N) is 1. The first kappa shape index (κ1) is 33.1. The first-order chi connectivity index (χ1) is 16.7. The van der Waals surface area contributed by atoms with Crippen LogP contribution in [-0.4, -0.2) is 132 Å². The second kappa shape index (κ2) is 28.3. The predicted molar refractivity (Wildman–Crippen MR) is 126 cm³/mol. The molecule has 0 aliphatic heterocycles. The fraction of sp³-hybridized carbons (Fsp3) is 0.957. The zero-order valence-electron chi connectivity index (χ0n) is 21.4. The zero-order valence-corrected chi connectivity index (χ0v) is 21.4. The number of ether oxygens (including phenoxy) is 9. The lowest BCUT2D eigenvalue weighted by molar-refractivity contribution is -0.124. The molecule has 0 saturated heterocycles. The summed E-state index contributed by atoms with van der Waals surface area (Å²) in [6.45, 7) is 13.2. The molecule has 0 rings (SSSR count). The van der Waals surface area contributed by atoms with E-state index in [0.717, 1.165) is 0 Å². The van der Waals surface area contributed by atoms with Crippen LogP contribution in [0.15, 0.2) is 0 Å². The summed E-state index contributed by atoms with van der Waals surface area (Å²) in [4.78, 5) is 11.4. The van der Waals surface area contributed by atoms with Crippen molar-refractivity contribution in [2.45, 2.75) is 13.8 Å². The van der Waals surface area contributed by atoms with E-state index < -0.39 is 0 Å². The number of carbonyl (C=O) groups is 1. The molecule has 0 aromatic rings. The summed E-state index contributed by atoms with van der Waals surface area (Å²) < 4.78 is 48.0. The van der Waals surface area contributed by atoms with Gasteiger partial charge in [0.25, 0.3) is 0 Å². The molecule has 34 heavy (non-hydrogen) atoms. The summed E-state index contributed by atoms with van der Waals surface area (Å²) in [6.07, 6.45) is 0. The normalized spacial score (nSPS) is 11.4. The second-order valence-electron chi connectivity index (χ2n) is 7.34. The highest BCUT2D eigenvalue weighted by Crippen LogP contribution is 1.90. The number of hydrogen-bond donors (Lipinski definition) is 1. The van der Waals surface area contributed by atoms with Crippen LogP contribution in [0.3, 0.4) is 0 Å². The van der Waals surface area contributed by atoms with Crippen molar-refractivity contribution in [3.8, 4) is 0 Å². The lowest BCUT2D eigenvalue weighted by Gasteiger charge is -2.09. The summed E-state index contributed by atoms with van der Waals surface area (Å²) in [6, 6.07) is 0. The highest BCUT2D eigenvalue weighted by Gasteiger charge is 2.04. The van der Waals surface area contributed by atoms with Crippen molar-refractivity contribution in [2.75, 3.05) is 126 Å². The van der Waals surface area contributed by atoms with Crippen LogP contribution in [-0.2, 0) is 47.4 Å². The van der Waals surface area contributed by atoms with Crippen LogP contribution in [0.4, 0.5) is 0 Å². The van der Waals surface area contributed by atoms with Crippen LogP contribution in [0.2, 0.25) is 0 Å². The van der Waals surface area contributed by atoms with E-state index in [4.69, 9.17) is 42.6 Å². The average molecular weight is 498 g/mol. The fourth-order valence-corrected chi connectivity index (χ4v) is 2.23. The molecule has 0 bridgehead atoms. The van der Waals surface area contributed by atoms with Gasteiger partial charge in [0.2, 0.25) is 5.91 Å². The molecule has 0 aliphatic rings. The quantitative estimate of drug-likeness (QED) is 0.154. The standard InChI is InChI=1S/C23H47NO10/c1-22(2)23(25)24-4-5-27-8-9-29-12-13-31-16-17-33-20-21-34-19-18-32-15-14-30-11-10-28-7-6-26-3/h22H,4-21H2,1-3H3,(H,24,25). The Morgan fingerprint density at radius 1 is 0.500 bits per heavy atom. The van der Waals surface area contributed by atoms with Gasteiger partial charge in [0.15, 0.2) is 0 Å². The maximum absolute atomic E-state index is 11.4. The van der Waals surface area contributed by atoms with Gasteiger partial charge < -0.3 is 47.9 Å². The predicted octanol–water partition coefficient (Wildman–Crippen LogP) is 0.538. The smallest absolute Gasteiger partial charge is 0.222 e. The van der Waals surface area contributed by atoms with Crippen LogP contribution in [0.1, 0.15) is 13.8 Å². The summed E-state index contributed by atoms with van der Waals surface area (Å²) in [5.41, 5.74) is 0. The molecular formula is C23H47NO10. The fourth-order valence-electron chi connectivity index (χ4n) is 2.23. The Hall–Kier alpha value is -0.890. The lowest BCUT2D eigenvalue weighted by Crippen LogP contribution is -2.31. The molecule has 204 valence electrons. The van der Waals surface area contributed by atoms with Gasteiger partial charge in [0.1, 0.15) is 0 Å². The van der Waals surface area contributed by atoms with Gasteiger partial charge in [-0.2, -0.15) is 0 Å². The molecule has 1 amide bonds. The van der Waals surface area contributed by atoms with Gasteiger partial charge in [0.05, 0.1) is 112 Å². The second-order valence-corrected chi connectivity index (χ2v) is 7.34. The van der Waals surface area contributed by atoms with Gasteiger partial charge in [-0.15, -0.1) is 0 Å². The van der Waals surface area contributed by atoms with Gasteiger partial charge >= 0.3 is 0 Å². The molecule has 11 heteroatoms. The van der Waals surface area contributed by atoms with E-state index in [-0.39, 0.29) is 11.8 Å². The lowest BCUT2D eigenvalue weighted by atomic mass is 10.2. The van der Waals surface area contributed by atoms with E-state index in [2.05, 4.69) is 5.32 Å². The zero-order chi connectivity index (χ0) is 25.0. The van der Waals surface area contributed by atoms with Crippen LogP contribution in [0, 0.1) is 5.92 Å². The summed E-state index contributed by atoms with van der Waals surface area (Å²) in [7, 11) is 1.64. The third-order valence-corrected chi connectivity index (χ3v) is 4.11. The number of amides is 1. The van der Waals surface area contributed by atoms with Crippen molar-refractivity contribution in [1.29, 1.82) is 0 Å². The highest BCUT2D eigenvalue weighted by molar-refractivity contribution is 5.77. The molecule has 0 aromatic carbocycles. The van der Waals surface area contributed by atoms with E-state index in [9.17, 15) is 4.79 Å². The molecule has 0 fully saturated rings. The van der Waals surface area contributed by atoms with E-state index in [0.29, 0.717) is 119 Å². The molecule has 0 unspecified atom stereocenters. The third kappa shape index (κ3) is 27.4. The van der Waals surface area contributed by atoms with Gasteiger partial charge in [-0.05, 0) is 0 Å². The molecular weight excluding hydrogens is 450 g/mol. The third-order valence-electron chi connectivity index (χ3n) is 4.11. The Labute approximate surface area is 205 Å². The van der Waals surface area contributed by atoms with Crippen LogP contribution < -0.4 is 5.32 Å². The van der Waals surface area contributed by atoms with Crippen molar-refractivity contribution in [2.24, 2.45) is 5.92 Å². The summed E-state index contributed by atoms with van der Waals surface area (Å²) in [5, 5.41) is 2.79. The van der Waals surface area contributed by atoms with Crippen molar-refractivity contribution < 1.29 is 47.4 Å². The minimum atomic E-state index is -0.00730. The van der Waals surface area contributed by atoms with Gasteiger partial charge in [-0.1, -0.05) is 13.8 Å². The summed E-state index contributed by atoms with van der Waals surface area (Å²) >= 11 is 0. The SMILES string of the molecule is COCCOCCOCCOCCOCCOCCOCCOCCOCCNC(=O)C(C)C.